The Balaban J connectivity index is 2.44. The Bertz CT molecular complexity index is 294. The smallest absolute Gasteiger partial charge is 0.166 e. The maximum atomic E-state index is 11.5. The Kier molecular flexibility index (Phi) is 4.32. The number of ketones is 1. The first-order valence-corrected chi connectivity index (χ1v) is 4.82. The highest BCUT2D eigenvalue weighted by Crippen LogP contribution is 2.04. The summed E-state index contributed by atoms with van der Waals surface area (Å²) in [5, 5.41) is 4.05. The summed E-state index contributed by atoms with van der Waals surface area (Å²) >= 11 is 0. The number of Topliss-reactive ketones (excluding diaryl/α,β-unsaturated/α-hetero) is 1. The fourth-order valence-electron chi connectivity index (χ4n) is 1.20. The molecule has 78 valence electrons. The van der Waals surface area contributed by atoms with E-state index >= 15 is 0 Å². The monoisotopic (exact) mass is 196 g/mol. The fourth-order valence-corrected chi connectivity index (χ4v) is 1.20. The average Bonchev–Trinajstić information content (AvgIpc) is 2.66. The number of ether oxygens (including phenoxy) is 1. The quantitative estimate of drug-likeness (QED) is 0.511. The molecular formula is C10H16N2O2. The lowest BCUT2D eigenvalue weighted by Gasteiger charge is -1.97. The Labute approximate surface area is 83.9 Å². The van der Waals surface area contributed by atoms with Crippen LogP contribution in [0.3, 0.4) is 0 Å². The van der Waals surface area contributed by atoms with Gasteiger partial charge in [-0.05, 0) is 13.3 Å². The van der Waals surface area contributed by atoms with Crippen molar-refractivity contribution in [3.63, 3.8) is 0 Å². The summed E-state index contributed by atoms with van der Waals surface area (Å²) in [6.07, 6.45) is 4.71. The van der Waals surface area contributed by atoms with Crippen molar-refractivity contribution in [3.05, 3.63) is 18.0 Å². The van der Waals surface area contributed by atoms with Crippen LogP contribution in [0.2, 0.25) is 0 Å². The Morgan fingerprint density at radius 3 is 3.00 bits per heavy atom. The molecule has 0 saturated heterocycles. The molecule has 0 aliphatic rings. The lowest BCUT2D eigenvalue weighted by molar-refractivity contribution is 0.0963. The zero-order chi connectivity index (χ0) is 10.4. The standard InChI is InChI=1S/C10H16N2O2/c1-3-12-8-9(7-11-12)10(13)5-4-6-14-2/h7-8H,3-6H2,1-2H3. The molecule has 1 aromatic heterocycles. The summed E-state index contributed by atoms with van der Waals surface area (Å²) in [7, 11) is 1.64. The molecule has 0 atom stereocenters. The minimum atomic E-state index is 0.141. The summed E-state index contributed by atoms with van der Waals surface area (Å²) in [5.41, 5.74) is 0.697. The molecule has 0 N–H and O–H groups in total. The van der Waals surface area contributed by atoms with E-state index in [0.717, 1.165) is 13.0 Å². The van der Waals surface area contributed by atoms with Crippen LogP contribution in [0.5, 0.6) is 0 Å². The molecule has 0 aliphatic heterocycles. The van der Waals surface area contributed by atoms with Crippen molar-refractivity contribution in [1.29, 1.82) is 0 Å². The number of carbonyl (C=O) groups is 1. The lowest BCUT2D eigenvalue weighted by Crippen LogP contribution is -2.00. The SMILES string of the molecule is CCn1cc(C(=O)CCCOC)cn1. The van der Waals surface area contributed by atoms with Crippen molar-refractivity contribution in [1.82, 2.24) is 9.78 Å². The largest absolute Gasteiger partial charge is 0.385 e. The van der Waals surface area contributed by atoms with Gasteiger partial charge in [0, 0.05) is 32.9 Å². The molecule has 0 radical (unpaired) electrons. The maximum absolute atomic E-state index is 11.5. The van der Waals surface area contributed by atoms with Crippen molar-refractivity contribution in [2.45, 2.75) is 26.3 Å². The van der Waals surface area contributed by atoms with E-state index in [0.29, 0.717) is 18.6 Å². The molecule has 1 heterocycles. The number of nitrogens with zero attached hydrogens (tertiary/aromatic N) is 2. The van der Waals surface area contributed by atoms with Crippen LogP contribution >= 0.6 is 0 Å². The van der Waals surface area contributed by atoms with Crippen molar-refractivity contribution in [2.24, 2.45) is 0 Å². The normalized spacial score (nSPS) is 10.4. The molecule has 0 fully saturated rings. The van der Waals surface area contributed by atoms with E-state index in [9.17, 15) is 4.79 Å². The minimum Gasteiger partial charge on any atom is -0.385 e. The van der Waals surface area contributed by atoms with Crippen LogP contribution in [0.25, 0.3) is 0 Å². The Morgan fingerprint density at radius 2 is 2.43 bits per heavy atom. The molecule has 0 bridgehead atoms. The molecule has 1 aromatic rings. The van der Waals surface area contributed by atoms with Gasteiger partial charge in [-0.1, -0.05) is 0 Å². The van der Waals surface area contributed by atoms with Gasteiger partial charge in [0.25, 0.3) is 0 Å². The minimum absolute atomic E-state index is 0.141. The summed E-state index contributed by atoms with van der Waals surface area (Å²) in [6, 6.07) is 0. The summed E-state index contributed by atoms with van der Waals surface area (Å²) in [5.74, 6) is 0.141. The molecule has 14 heavy (non-hydrogen) atoms. The molecule has 0 spiro atoms. The van der Waals surface area contributed by atoms with Crippen LogP contribution in [-0.4, -0.2) is 29.3 Å². The van der Waals surface area contributed by atoms with Gasteiger partial charge in [0.15, 0.2) is 5.78 Å². The number of hydrogen-bond acceptors (Lipinski definition) is 3. The van der Waals surface area contributed by atoms with Gasteiger partial charge < -0.3 is 4.74 Å². The first kappa shape index (κ1) is 10.9. The van der Waals surface area contributed by atoms with E-state index < -0.39 is 0 Å². The lowest BCUT2D eigenvalue weighted by atomic mass is 10.1. The topological polar surface area (TPSA) is 44.1 Å². The van der Waals surface area contributed by atoms with Crippen molar-refractivity contribution in [3.8, 4) is 0 Å². The molecule has 1 rings (SSSR count). The number of rotatable bonds is 6. The highest BCUT2D eigenvalue weighted by molar-refractivity contribution is 5.95. The molecule has 0 unspecified atom stereocenters. The first-order valence-electron chi connectivity index (χ1n) is 4.82. The van der Waals surface area contributed by atoms with E-state index in [4.69, 9.17) is 4.74 Å². The summed E-state index contributed by atoms with van der Waals surface area (Å²) < 4.78 is 6.63. The van der Waals surface area contributed by atoms with Gasteiger partial charge in [-0.15, -0.1) is 0 Å². The van der Waals surface area contributed by atoms with E-state index in [-0.39, 0.29) is 5.78 Å². The average molecular weight is 196 g/mol. The van der Waals surface area contributed by atoms with Gasteiger partial charge >= 0.3 is 0 Å². The van der Waals surface area contributed by atoms with Gasteiger partial charge in [0.05, 0.1) is 11.8 Å². The van der Waals surface area contributed by atoms with E-state index in [2.05, 4.69) is 5.10 Å². The maximum Gasteiger partial charge on any atom is 0.166 e. The molecular weight excluding hydrogens is 180 g/mol. The predicted octanol–water partition coefficient (Wildman–Crippen LogP) is 1.51. The van der Waals surface area contributed by atoms with Crippen molar-refractivity contribution < 1.29 is 9.53 Å². The predicted molar refractivity (Wildman–Crippen MR) is 53.3 cm³/mol. The third-order valence-electron chi connectivity index (χ3n) is 2.03. The second-order valence-corrected chi connectivity index (χ2v) is 3.10. The van der Waals surface area contributed by atoms with Crippen LogP contribution in [-0.2, 0) is 11.3 Å². The van der Waals surface area contributed by atoms with Crippen LogP contribution in [0, 0.1) is 0 Å². The number of hydrogen-bond donors (Lipinski definition) is 0. The van der Waals surface area contributed by atoms with E-state index in [1.165, 1.54) is 0 Å². The zero-order valence-electron chi connectivity index (χ0n) is 8.69. The molecule has 0 saturated carbocycles. The Morgan fingerprint density at radius 1 is 1.64 bits per heavy atom. The second kappa shape index (κ2) is 5.54. The highest BCUT2D eigenvalue weighted by atomic mass is 16.5. The molecule has 4 heteroatoms. The number of methoxy groups -OCH3 is 1. The van der Waals surface area contributed by atoms with Gasteiger partial charge in [-0.3, -0.25) is 9.48 Å². The van der Waals surface area contributed by atoms with Crippen LogP contribution in [0.15, 0.2) is 12.4 Å². The molecule has 4 nitrogen and oxygen atoms in total. The fraction of sp³-hybridized carbons (Fsp3) is 0.600. The Hall–Kier alpha value is -1.16. The van der Waals surface area contributed by atoms with Gasteiger partial charge in [0.2, 0.25) is 0 Å². The number of aromatic nitrogens is 2. The van der Waals surface area contributed by atoms with Crippen LogP contribution in [0.1, 0.15) is 30.1 Å². The van der Waals surface area contributed by atoms with Crippen LogP contribution < -0.4 is 0 Å². The summed E-state index contributed by atoms with van der Waals surface area (Å²) in [6.45, 7) is 3.42. The van der Waals surface area contributed by atoms with Crippen molar-refractivity contribution in [2.75, 3.05) is 13.7 Å². The van der Waals surface area contributed by atoms with Crippen molar-refractivity contribution >= 4 is 5.78 Å². The first-order chi connectivity index (χ1) is 6.77. The van der Waals surface area contributed by atoms with E-state index in [1.54, 1.807) is 24.2 Å². The van der Waals surface area contributed by atoms with Gasteiger partial charge in [-0.2, -0.15) is 5.10 Å². The van der Waals surface area contributed by atoms with Gasteiger partial charge in [0.1, 0.15) is 0 Å². The number of carbonyl (C=O) groups excluding carboxylic acids is 1. The van der Waals surface area contributed by atoms with E-state index in [1.807, 2.05) is 6.92 Å². The zero-order valence-corrected chi connectivity index (χ0v) is 8.69. The summed E-state index contributed by atoms with van der Waals surface area (Å²) in [4.78, 5) is 11.5. The third kappa shape index (κ3) is 2.96. The molecule has 0 aliphatic carbocycles. The second-order valence-electron chi connectivity index (χ2n) is 3.10. The number of aryl methyl sites for hydroxylation is 1. The third-order valence-corrected chi connectivity index (χ3v) is 2.03. The molecule has 0 aromatic carbocycles. The molecule has 0 amide bonds. The van der Waals surface area contributed by atoms with Crippen LogP contribution in [0.4, 0.5) is 0 Å². The van der Waals surface area contributed by atoms with Gasteiger partial charge in [-0.25, -0.2) is 0 Å². The highest BCUT2D eigenvalue weighted by Gasteiger charge is 2.07.